The fourth-order valence-electron chi connectivity index (χ4n) is 4.20. The van der Waals surface area contributed by atoms with E-state index in [1.807, 2.05) is 52.0 Å². The molecule has 1 unspecified atom stereocenters. The first-order chi connectivity index (χ1) is 17.9. The largest absolute Gasteiger partial charge is 0.480 e. The summed E-state index contributed by atoms with van der Waals surface area (Å²) in [6, 6.07) is 6.15. The number of amides is 3. The van der Waals surface area contributed by atoms with E-state index in [-0.39, 0.29) is 19.1 Å². The lowest BCUT2D eigenvalue weighted by Crippen LogP contribution is -2.64. The minimum Gasteiger partial charge on any atom is -0.480 e. The van der Waals surface area contributed by atoms with Crippen molar-refractivity contribution in [2.24, 2.45) is 10.9 Å². The van der Waals surface area contributed by atoms with Crippen molar-refractivity contribution in [3.8, 4) is 0 Å². The number of ether oxygens (including phenoxy) is 1. The van der Waals surface area contributed by atoms with Gasteiger partial charge >= 0.3 is 18.1 Å². The summed E-state index contributed by atoms with van der Waals surface area (Å²) in [5.41, 5.74) is 1.27. The zero-order chi connectivity index (χ0) is 27.9. The van der Waals surface area contributed by atoms with E-state index in [9.17, 15) is 24.6 Å². The van der Waals surface area contributed by atoms with Crippen LogP contribution in [-0.4, -0.2) is 103 Å². The van der Waals surface area contributed by atoms with E-state index in [2.05, 4.69) is 31.2 Å². The minimum absolute atomic E-state index is 0.113. The lowest BCUT2D eigenvalue weighted by molar-refractivity contribution is -0.139. The van der Waals surface area contributed by atoms with E-state index in [4.69, 9.17) is 4.74 Å². The predicted octanol–water partition coefficient (Wildman–Crippen LogP) is 0.864. The van der Waals surface area contributed by atoms with Crippen LogP contribution in [0.25, 0.3) is 0 Å². The summed E-state index contributed by atoms with van der Waals surface area (Å²) in [6.07, 6.45) is -1.32. The maximum atomic E-state index is 13.0. The number of urea groups is 1. The number of carboxylic acids is 1. The first kappa shape index (κ1) is 28.8. The number of aliphatic imine (C=N–C) groups is 1. The molecular weight excluding hydrogens is 494 g/mol. The highest BCUT2D eigenvalue weighted by Crippen LogP contribution is 2.27. The third-order valence-electron chi connectivity index (χ3n) is 6.18. The molecular formula is C25H39N7O6. The second kappa shape index (κ2) is 12.7. The van der Waals surface area contributed by atoms with Crippen molar-refractivity contribution < 1.29 is 29.3 Å². The first-order valence-corrected chi connectivity index (χ1v) is 12.7. The number of alkyl carbamates (subject to hydrolysis) is 1. The zero-order valence-electron chi connectivity index (χ0n) is 22.4. The van der Waals surface area contributed by atoms with Crippen molar-refractivity contribution in [3.05, 3.63) is 24.3 Å². The maximum Gasteiger partial charge on any atom is 0.407 e. The molecule has 6 N–H and O–H groups in total. The average molecular weight is 534 g/mol. The van der Waals surface area contributed by atoms with E-state index >= 15 is 0 Å². The van der Waals surface area contributed by atoms with Gasteiger partial charge in [0, 0.05) is 37.6 Å². The molecule has 2 aliphatic heterocycles. The summed E-state index contributed by atoms with van der Waals surface area (Å²) in [4.78, 5) is 44.6. The molecule has 1 aromatic carbocycles. The van der Waals surface area contributed by atoms with Crippen molar-refractivity contribution in [3.63, 3.8) is 0 Å². The number of hydrogen-bond donors (Lipinski definition) is 6. The predicted molar refractivity (Wildman–Crippen MR) is 144 cm³/mol. The number of carboxylic acid groups (broad SMARTS) is 1. The molecule has 0 bridgehead atoms. The van der Waals surface area contributed by atoms with Crippen LogP contribution < -0.4 is 26.2 Å². The Morgan fingerprint density at radius 2 is 2.03 bits per heavy atom. The Kier molecular flexibility index (Phi) is 9.61. The number of carbonyl (C=O) groups excluding carboxylic acids is 2. The van der Waals surface area contributed by atoms with Gasteiger partial charge in [-0.3, -0.25) is 4.99 Å². The Morgan fingerprint density at radius 3 is 2.66 bits per heavy atom. The number of guanidine groups is 1. The van der Waals surface area contributed by atoms with Crippen molar-refractivity contribution in [2.75, 3.05) is 56.1 Å². The Hall–Kier alpha value is -3.74. The number of hydrogen-bond acceptors (Lipinski definition) is 9. The van der Waals surface area contributed by atoms with E-state index < -0.39 is 35.8 Å². The third-order valence-corrected chi connectivity index (χ3v) is 6.18. The van der Waals surface area contributed by atoms with Crippen molar-refractivity contribution in [1.82, 2.24) is 20.9 Å². The molecule has 2 heterocycles. The van der Waals surface area contributed by atoms with E-state index in [1.54, 1.807) is 4.90 Å². The number of piperazine rings is 1. The van der Waals surface area contributed by atoms with Gasteiger partial charge in [-0.05, 0) is 38.0 Å². The van der Waals surface area contributed by atoms with Gasteiger partial charge in [0.1, 0.15) is 6.04 Å². The molecule has 3 rings (SSSR count). The molecule has 13 heteroatoms. The number of rotatable bonds is 8. The second-order valence-corrected chi connectivity index (χ2v) is 10.5. The molecule has 1 saturated heterocycles. The number of aliphatic hydroxyl groups is 1. The van der Waals surface area contributed by atoms with Crippen molar-refractivity contribution in [2.45, 2.75) is 45.4 Å². The van der Waals surface area contributed by atoms with Crippen LogP contribution in [0, 0.1) is 5.92 Å². The van der Waals surface area contributed by atoms with Crippen LogP contribution in [0.3, 0.4) is 0 Å². The van der Waals surface area contributed by atoms with Crippen LogP contribution in [0.2, 0.25) is 0 Å². The highest BCUT2D eigenvalue weighted by Gasteiger charge is 2.37. The van der Waals surface area contributed by atoms with Gasteiger partial charge in [-0.1, -0.05) is 19.9 Å². The van der Waals surface area contributed by atoms with Crippen LogP contribution in [-0.2, 0) is 9.53 Å². The quantitative estimate of drug-likeness (QED) is 0.284. The smallest absolute Gasteiger partial charge is 0.407 e. The third kappa shape index (κ3) is 8.13. The number of nitrogens with zero attached hydrogens (tertiary/aromatic N) is 3. The summed E-state index contributed by atoms with van der Waals surface area (Å²) < 4.78 is 4.98. The highest BCUT2D eigenvalue weighted by atomic mass is 16.5. The fraction of sp³-hybridized carbons (Fsp3) is 0.600. The SMILES string of the molecule is CC(C)COC(=O)N[C@@H](CNC(=O)N1CCN(c2cccc(NC3=NCC(O)CN3)c2)CC1(C)C)C(=O)O. The van der Waals surface area contributed by atoms with Gasteiger partial charge in [-0.25, -0.2) is 14.4 Å². The van der Waals surface area contributed by atoms with Crippen LogP contribution in [0.15, 0.2) is 29.3 Å². The van der Waals surface area contributed by atoms with Gasteiger partial charge in [-0.2, -0.15) is 0 Å². The molecule has 1 fully saturated rings. The Bertz CT molecular complexity index is 1030. The number of nitrogens with one attached hydrogen (secondary N) is 4. The van der Waals surface area contributed by atoms with Gasteiger partial charge in [0.05, 0.1) is 31.3 Å². The monoisotopic (exact) mass is 533 g/mol. The normalized spacial score (nSPS) is 19.6. The number of anilines is 2. The van der Waals surface area contributed by atoms with Gasteiger partial charge in [0.15, 0.2) is 5.96 Å². The van der Waals surface area contributed by atoms with Gasteiger partial charge in [0.25, 0.3) is 0 Å². The van der Waals surface area contributed by atoms with E-state index in [0.29, 0.717) is 38.7 Å². The summed E-state index contributed by atoms with van der Waals surface area (Å²) in [7, 11) is 0. The molecule has 2 atom stereocenters. The lowest BCUT2D eigenvalue weighted by atomic mass is 9.98. The Balaban J connectivity index is 1.56. The van der Waals surface area contributed by atoms with Gasteiger partial charge in [0.2, 0.25) is 0 Å². The Labute approximate surface area is 222 Å². The summed E-state index contributed by atoms with van der Waals surface area (Å²) >= 11 is 0. The summed E-state index contributed by atoms with van der Waals surface area (Å²) in [5, 5.41) is 30.3. The second-order valence-electron chi connectivity index (χ2n) is 10.5. The first-order valence-electron chi connectivity index (χ1n) is 12.7. The van der Waals surface area contributed by atoms with Crippen molar-refractivity contribution in [1.29, 1.82) is 0 Å². The number of β-amino-alcohol motifs (C(OH)–C–C–N with tert-alkyl or cyclic N) is 1. The zero-order valence-corrected chi connectivity index (χ0v) is 22.4. The average Bonchev–Trinajstić information content (AvgIpc) is 2.86. The summed E-state index contributed by atoms with van der Waals surface area (Å²) in [5.74, 6) is -0.548. The number of aliphatic carboxylic acids is 1. The molecule has 0 aliphatic carbocycles. The van der Waals surface area contributed by atoms with Crippen LogP contribution in [0.5, 0.6) is 0 Å². The highest BCUT2D eigenvalue weighted by molar-refractivity contribution is 5.94. The van der Waals surface area contributed by atoms with Crippen molar-refractivity contribution >= 4 is 35.4 Å². The van der Waals surface area contributed by atoms with E-state index in [0.717, 1.165) is 11.4 Å². The molecule has 13 nitrogen and oxygen atoms in total. The fourth-order valence-corrected chi connectivity index (χ4v) is 4.20. The van der Waals surface area contributed by atoms with Gasteiger partial charge < -0.3 is 46.0 Å². The molecule has 0 spiro atoms. The molecule has 3 amide bonds. The van der Waals surface area contributed by atoms with Crippen LogP contribution in [0.4, 0.5) is 21.0 Å². The minimum atomic E-state index is -1.32. The number of carbonyl (C=O) groups is 3. The number of benzene rings is 1. The Morgan fingerprint density at radius 1 is 1.26 bits per heavy atom. The van der Waals surface area contributed by atoms with E-state index in [1.165, 1.54) is 0 Å². The topological polar surface area (TPSA) is 168 Å². The molecule has 0 aromatic heterocycles. The van der Waals surface area contributed by atoms with Crippen LogP contribution >= 0.6 is 0 Å². The van der Waals surface area contributed by atoms with Gasteiger partial charge in [-0.15, -0.1) is 0 Å². The maximum absolute atomic E-state index is 13.0. The standard InChI is InChI=1S/C25H39N7O6/c1-16(2)14-38-24(37)30-20(21(34)35)13-28-23(36)32-9-8-31(15-25(32,3)4)18-7-5-6-17(10-18)29-22-26-11-19(33)12-27-22/h5-7,10,16,19-20,33H,8-9,11-15H2,1-4H3,(H,28,36)(H,30,37)(H,34,35)(H2,26,27,29)/t20-/m0/s1. The molecule has 38 heavy (non-hydrogen) atoms. The van der Waals surface area contributed by atoms with Crippen LogP contribution in [0.1, 0.15) is 27.7 Å². The molecule has 1 aromatic rings. The molecule has 0 radical (unpaired) electrons. The molecule has 0 saturated carbocycles. The molecule has 210 valence electrons. The molecule has 2 aliphatic rings. The lowest BCUT2D eigenvalue weighted by Gasteiger charge is -2.47. The summed E-state index contributed by atoms with van der Waals surface area (Å²) in [6.45, 7) is 9.86. The number of aliphatic hydroxyl groups excluding tert-OH is 1.